The number of nitrogens with one attached hydrogen (secondary N) is 3. The fourth-order valence-electron chi connectivity index (χ4n) is 3.42. The molecule has 5 rings (SSSR count). The molecule has 3 N–H and O–H groups in total. The number of H-pyrrole nitrogens is 1. The Morgan fingerprint density at radius 3 is 2.58 bits per heavy atom. The van der Waals surface area contributed by atoms with Crippen LogP contribution in [0.5, 0.6) is 0 Å². The van der Waals surface area contributed by atoms with Crippen LogP contribution < -0.4 is 10.7 Å². The minimum atomic E-state index is 0.295. The zero-order valence-electron chi connectivity index (χ0n) is 17.9. The van der Waals surface area contributed by atoms with Crippen LogP contribution in [0, 0.1) is 13.8 Å². The number of hydrazone groups is 1. The predicted molar refractivity (Wildman–Crippen MR) is 133 cm³/mol. The highest BCUT2D eigenvalue weighted by Gasteiger charge is 2.12. The van der Waals surface area contributed by atoms with E-state index in [-0.39, 0.29) is 0 Å². The van der Waals surface area contributed by atoms with Gasteiger partial charge >= 0.3 is 0 Å². The molecular weight excluding hydrogens is 482 g/mol. The van der Waals surface area contributed by atoms with Crippen LogP contribution >= 0.6 is 15.9 Å². The van der Waals surface area contributed by atoms with E-state index in [4.69, 9.17) is 0 Å². The number of fused-ring (bicyclic) bond motifs is 1. The van der Waals surface area contributed by atoms with Crippen molar-refractivity contribution in [1.29, 1.82) is 0 Å². The molecule has 0 aliphatic carbocycles. The van der Waals surface area contributed by atoms with E-state index in [0.717, 1.165) is 38.0 Å². The third kappa shape index (κ3) is 4.60. The van der Waals surface area contributed by atoms with E-state index in [1.54, 1.807) is 10.9 Å². The molecule has 0 spiro atoms. The van der Waals surface area contributed by atoms with Crippen molar-refractivity contribution in [1.82, 2.24) is 29.7 Å². The van der Waals surface area contributed by atoms with Crippen LogP contribution in [0.15, 0.2) is 70.4 Å². The van der Waals surface area contributed by atoms with Gasteiger partial charge in [0.15, 0.2) is 0 Å². The van der Waals surface area contributed by atoms with Crippen LogP contribution in [0.2, 0.25) is 0 Å². The Balaban J connectivity index is 1.46. The molecule has 0 saturated carbocycles. The molecule has 0 aliphatic heterocycles. The van der Waals surface area contributed by atoms with E-state index < -0.39 is 0 Å². The second-order valence-electron chi connectivity index (χ2n) is 7.41. The van der Waals surface area contributed by atoms with E-state index in [1.165, 1.54) is 0 Å². The Labute approximate surface area is 198 Å². The highest BCUT2D eigenvalue weighted by molar-refractivity contribution is 9.10. The average Bonchev–Trinajstić information content (AvgIpc) is 3.37. The van der Waals surface area contributed by atoms with Crippen molar-refractivity contribution in [3.05, 3.63) is 82.2 Å². The Morgan fingerprint density at radius 2 is 1.79 bits per heavy atom. The van der Waals surface area contributed by atoms with Gasteiger partial charge < -0.3 is 10.3 Å². The van der Waals surface area contributed by atoms with E-state index in [0.29, 0.717) is 17.8 Å². The molecule has 0 amide bonds. The van der Waals surface area contributed by atoms with Crippen LogP contribution in [0.25, 0.3) is 16.9 Å². The zero-order valence-corrected chi connectivity index (χ0v) is 19.5. The van der Waals surface area contributed by atoms with E-state index in [1.807, 2.05) is 74.6 Å². The second kappa shape index (κ2) is 8.83. The minimum absolute atomic E-state index is 0.295. The summed E-state index contributed by atoms with van der Waals surface area (Å²) in [6.07, 6.45) is 3.64. The van der Waals surface area contributed by atoms with Gasteiger partial charge in [0.1, 0.15) is 0 Å². The van der Waals surface area contributed by atoms with Crippen molar-refractivity contribution in [2.75, 3.05) is 10.7 Å². The van der Waals surface area contributed by atoms with Crippen LogP contribution in [-0.4, -0.2) is 35.9 Å². The van der Waals surface area contributed by atoms with Crippen LogP contribution in [0.4, 0.5) is 17.6 Å². The highest BCUT2D eigenvalue weighted by atomic mass is 79.9. The van der Waals surface area contributed by atoms with Crippen molar-refractivity contribution in [2.24, 2.45) is 5.10 Å². The summed E-state index contributed by atoms with van der Waals surface area (Å²) in [6, 6.07) is 17.7. The molecule has 0 atom stereocenters. The van der Waals surface area contributed by atoms with Gasteiger partial charge in [0, 0.05) is 38.5 Å². The summed E-state index contributed by atoms with van der Waals surface area (Å²) in [5, 5.41) is 13.1. The minimum Gasteiger partial charge on any atom is -0.361 e. The summed E-state index contributed by atoms with van der Waals surface area (Å²) >= 11 is 3.45. The maximum atomic E-state index is 4.55. The van der Waals surface area contributed by atoms with Gasteiger partial charge in [-0.25, -0.2) is 10.1 Å². The number of nitrogens with zero attached hydrogens (tertiary/aromatic N) is 6. The fraction of sp³-hybridized carbons (Fsp3) is 0.0870. The van der Waals surface area contributed by atoms with Gasteiger partial charge in [0.2, 0.25) is 11.9 Å². The lowest BCUT2D eigenvalue weighted by atomic mass is 10.2. The van der Waals surface area contributed by atoms with Gasteiger partial charge in [-0.1, -0.05) is 34.1 Å². The quantitative estimate of drug-likeness (QED) is 0.220. The molecule has 5 aromatic rings. The molecule has 33 heavy (non-hydrogen) atoms. The third-order valence-electron chi connectivity index (χ3n) is 4.91. The molecule has 0 fully saturated rings. The first-order valence-electron chi connectivity index (χ1n) is 10.2. The third-order valence-corrected chi connectivity index (χ3v) is 5.44. The maximum absolute atomic E-state index is 4.55. The Kier molecular flexibility index (Phi) is 5.57. The Morgan fingerprint density at radius 1 is 1.00 bits per heavy atom. The van der Waals surface area contributed by atoms with Crippen molar-refractivity contribution in [3.8, 4) is 5.95 Å². The standard InChI is InChI=1S/C23H20BrN9/c1-14-11-15(2)33(32-14)23-29-21(27-18-9-7-17(24)8-10-18)28-22(30-23)31-26-13-16-12-25-20-6-4-3-5-19(16)20/h3-13,25H,1-2H3,(H2,27,28,29,30,31). The molecule has 3 aromatic heterocycles. The topological polar surface area (TPSA) is 109 Å². The SMILES string of the molecule is Cc1cc(C)n(-c2nc(NN=Cc3c[nH]c4ccccc34)nc(Nc3ccc(Br)cc3)n2)n1. The molecule has 0 bridgehead atoms. The largest absolute Gasteiger partial charge is 0.361 e. The first-order chi connectivity index (χ1) is 16.0. The number of aromatic nitrogens is 6. The fourth-order valence-corrected chi connectivity index (χ4v) is 3.68. The van der Waals surface area contributed by atoms with E-state index in [9.17, 15) is 0 Å². The van der Waals surface area contributed by atoms with Crippen molar-refractivity contribution < 1.29 is 0 Å². The first-order valence-corrected chi connectivity index (χ1v) is 11.0. The monoisotopic (exact) mass is 501 g/mol. The molecule has 0 radical (unpaired) electrons. The molecule has 9 nitrogen and oxygen atoms in total. The number of para-hydroxylation sites is 1. The maximum Gasteiger partial charge on any atom is 0.257 e. The van der Waals surface area contributed by atoms with Gasteiger partial charge in [-0.15, -0.1) is 0 Å². The second-order valence-corrected chi connectivity index (χ2v) is 8.33. The summed E-state index contributed by atoms with van der Waals surface area (Å²) in [6.45, 7) is 3.88. The number of rotatable bonds is 6. The van der Waals surface area contributed by atoms with Crippen molar-refractivity contribution in [2.45, 2.75) is 13.8 Å². The molecule has 164 valence electrons. The molecule has 0 saturated heterocycles. The van der Waals surface area contributed by atoms with Crippen LogP contribution in [-0.2, 0) is 0 Å². The number of anilines is 3. The van der Waals surface area contributed by atoms with Crippen LogP contribution in [0.1, 0.15) is 17.0 Å². The number of benzene rings is 2. The van der Waals surface area contributed by atoms with Gasteiger partial charge in [-0.3, -0.25) is 0 Å². The summed E-state index contributed by atoms with van der Waals surface area (Å²) in [7, 11) is 0. The summed E-state index contributed by atoms with van der Waals surface area (Å²) in [5.41, 5.74) is 7.57. The van der Waals surface area contributed by atoms with Gasteiger partial charge in [0.05, 0.1) is 11.9 Å². The number of hydrogen-bond acceptors (Lipinski definition) is 7. The highest BCUT2D eigenvalue weighted by Crippen LogP contribution is 2.20. The van der Waals surface area contributed by atoms with Gasteiger partial charge in [-0.05, 0) is 50.2 Å². The van der Waals surface area contributed by atoms with Gasteiger partial charge in [0.25, 0.3) is 5.95 Å². The van der Waals surface area contributed by atoms with Gasteiger partial charge in [-0.2, -0.15) is 25.2 Å². The van der Waals surface area contributed by atoms with Crippen molar-refractivity contribution >= 4 is 50.6 Å². The zero-order chi connectivity index (χ0) is 22.8. The molecule has 0 aliphatic rings. The lowest BCUT2D eigenvalue weighted by molar-refractivity contribution is 0.767. The summed E-state index contributed by atoms with van der Waals surface area (Å²) < 4.78 is 2.67. The first kappa shape index (κ1) is 20.8. The van der Waals surface area contributed by atoms with Crippen LogP contribution in [0.3, 0.4) is 0 Å². The number of hydrogen-bond donors (Lipinski definition) is 3. The molecule has 2 aromatic carbocycles. The Bertz CT molecular complexity index is 1450. The molecule has 10 heteroatoms. The van der Waals surface area contributed by atoms with E-state index >= 15 is 0 Å². The summed E-state index contributed by atoms with van der Waals surface area (Å²) in [4.78, 5) is 16.8. The predicted octanol–water partition coefficient (Wildman–Crippen LogP) is 5.11. The van der Waals surface area contributed by atoms with Crippen molar-refractivity contribution in [3.63, 3.8) is 0 Å². The normalized spacial score (nSPS) is 11.4. The molecular formula is C23H20BrN9. The molecule has 3 heterocycles. The molecule has 0 unspecified atom stereocenters. The van der Waals surface area contributed by atoms with E-state index in [2.05, 4.69) is 56.8 Å². The summed E-state index contributed by atoms with van der Waals surface area (Å²) in [5.74, 6) is 1.06. The smallest absolute Gasteiger partial charge is 0.257 e. The number of halogens is 1. The number of aromatic amines is 1. The Hall–Kier alpha value is -4.05. The lowest BCUT2D eigenvalue weighted by Crippen LogP contribution is -2.11. The average molecular weight is 502 g/mol. The number of aryl methyl sites for hydroxylation is 2. The lowest BCUT2D eigenvalue weighted by Gasteiger charge is -2.09.